The Morgan fingerprint density at radius 3 is 2.88 bits per heavy atom. The lowest BCUT2D eigenvalue weighted by molar-refractivity contribution is -0.137. The fraction of sp³-hybridized carbons (Fsp3) is 0.550. The highest BCUT2D eigenvalue weighted by molar-refractivity contribution is 5.96. The molecule has 2 atom stereocenters. The molecule has 2 amide bonds. The van der Waals surface area contributed by atoms with E-state index in [4.69, 9.17) is 5.26 Å². The molecule has 0 saturated carbocycles. The summed E-state index contributed by atoms with van der Waals surface area (Å²) >= 11 is 0. The van der Waals surface area contributed by atoms with Crippen molar-refractivity contribution in [1.29, 1.82) is 5.26 Å². The molecule has 3 rings (SSSR count). The van der Waals surface area contributed by atoms with E-state index in [0.29, 0.717) is 24.2 Å². The van der Waals surface area contributed by atoms with Crippen molar-refractivity contribution in [3.05, 3.63) is 35.4 Å². The van der Waals surface area contributed by atoms with Gasteiger partial charge in [0.2, 0.25) is 5.91 Å². The smallest absolute Gasteiger partial charge is 0.253 e. The van der Waals surface area contributed by atoms with Gasteiger partial charge in [0.1, 0.15) is 0 Å². The Kier molecular flexibility index (Phi) is 5.01. The lowest BCUT2D eigenvalue weighted by Crippen LogP contribution is -2.42. The van der Waals surface area contributed by atoms with Gasteiger partial charge >= 0.3 is 0 Å². The molecule has 1 spiro atoms. The number of carbonyl (C=O) groups is 2. The molecular weight excluding hydrogens is 328 g/mol. The molecule has 0 aliphatic carbocycles. The van der Waals surface area contributed by atoms with E-state index in [1.54, 1.807) is 29.2 Å². The Morgan fingerprint density at radius 2 is 2.19 bits per heavy atom. The highest BCUT2D eigenvalue weighted by Gasteiger charge is 2.55. The number of hydrogen-bond acceptors (Lipinski definition) is 4. The summed E-state index contributed by atoms with van der Waals surface area (Å²) < 4.78 is 0. The Morgan fingerprint density at radius 1 is 1.42 bits per heavy atom. The Hall–Kier alpha value is -2.39. The molecular formula is C20H26N4O2. The number of likely N-dealkylation sites (tertiary alicyclic amines) is 2. The van der Waals surface area contributed by atoms with Crippen molar-refractivity contribution in [2.24, 2.45) is 11.3 Å². The first-order valence-electron chi connectivity index (χ1n) is 9.11. The largest absolute Gasteiger partial charge is 0.341 e. The summed E-state index contributed by atoms with van der Waals surface area (Å²) in [5, 5.41) is 9.04. The van der Waals surface area contributed by atoms with Crippen LogP contribution in [0.5, 0.6) is 0 Å². The monoisotopic (exact) mass is 354 g/mol. The van der Waals surface area contributed by atoms with Crippen LogP contribution in [0.3, 0.4) is 0 Å². The minimum Gasteiger partial charge on any atom is -0.341 e. The maximum Gasteiger partial charge on any atom is 0.253 e. The number of carbonyl (C=O) groups excluding carboxylic acids is 2. The molecule has 2 aliphatic heterocycles. The fourth-order valence-electron chi connectivity index (χ4n) is 4.12. The van der Waals surface area contributed by atoms with Crippen LogP contribution < -0.4 is 0 Å². The second-order valence-electron chi connectivity index (χ2n) is 7.78. The van der Waals surface area contributed by atoms with Gasteiger partial charge in [0, 0.05) is 38.3 Å². The van der Waals surface area contributed by atoms with Crippen molar-refractivity contribution in [1.82, 2.24) is 14.7 Å². The van der Waals surface area contributed by atoms with Crippen LogP contribution in [0.15, 0.2) is 24.3 Å². The van der Waals surface area contributed by atoms with E-state index in [1.807, 2.05) is 19.0 Å². The van der Waals surface area contributed by atoms with E-state index in [2.05, 4.69) is 17.9 Å². The zero-order valence-corrected chi connectivity index (χ0v) is 15.7. The van der Waals surface area contributed by atoms with E-state index in [0.717, 1.165) is 26.1 Å². The highest BCUT2D eigenvalue weighted by Crippen LogP contribution is 2.44. The summed E-state index contributed by atoms with van der Waals surface area (Å²) in [6, 6.07) is 8.84. The summed E-state index contributed by atoms with van der Waals surface area (Å²) in [6.45, 7) is 5.48. The quantitative estimate of drug-likeness (QED) is 0.820. The average Bonchev–Trinajstić information content (AvgIpc) is 3.14. The molecule has 2 fully saturated rings. The van der Waals surface area contributed by atoms with E-state index >= 15 is 0 Å². The molecule has 138 valence electrons. The Balaban J connectivity index is 1.74. The average molecular weight is 354 g/mol. The van der Waals surface area contributed by atoms with Crippen molar-refractivity contribution >= 4 is 11.8 Å². The Bertz CT molecular complexity index is 754. The van der Waals surface area contributed by atoms with Gasteiger partial charge in [-0.2, -0.15) is 5.26 Å². The molecule has 2 heterocycles. The molecule has 6 heteroatoms. The van der Waals surface area contributed by atoms with Crippen LogP contribution in [-0.2, 0) is 4.79 Å². The number of benzene rings is 1. The van der Waals surface area contributed by atoms with Crippen molar-refractivity contribution < 1.29 is 9.59 Å². The zero-order valence-electron chi connectivity index (χ0n) is 15.7. The van der Waals surface area contributed by atoms with Crippen LogP contribution in [-0.4, -0.2) is 73.3 Å². The molecule has 0 bridgehead atoms. The number of likely N-dealkylation sites (N-methyl/N-ethyl adjacent to an activating group) is 1. The van der Waals surface area contributed by atoms with Crippen LogP contribution in [0.1, 0.15) is 29.3 Å². The number of hydrogen-bond donors (Lipinski definition) is 0. The molecule has 2 saturated heterocycles. The zero-order chi connectivity index (χ0) is 18.9. The summed E-state index contributed by atoms with van der Waals surface area (Å²) in [7, 11) is 4.01. The van der Waals surface area contributed by atoms with Gasteiger partial charge in [0.15, 0.2) is 0 Å². The van der Waals surface area contributed by atoms with Gasteiger partial charge in [-0.3, -0.25) is 9.59 Å². The third kappa shape index (κ3) is 3.19. The molecule has 0 aromatic heterocycles. The normalized spacial score (nSPS) is 25.3. The van der Waals surface area contributed by atoms with Crippen LogP contribution in [0.2, 0.25) is 0 Å². The van der Waals surface area contributed by atoms with Crippen LogP contribution in [0.25, 0.3) is 0 Å². The minimum absolute atomic E-state index is 0.0923. The second kappa shape index (κ2) is 7.08. The van der Waals surface area contributed by atoms with Gasteiger partial charge in [-0.05, 0) is 44.6 Å². The van der Waals surface area contributed by atoms with Gasteiger partial charge in [0.05, 0.1) is 17.0 Å². The van der Waals surface area contributed by atoms with Gasteiger partial charge < -0.3 is 14.7 Å². The van der Waals surface area contributed by atoms with Crippen LogP contribution in [0, 0.1) is 22.7 Å². The second-order valence-corrected chi connectivity index (χ2v) is 7.78. The summed E-state index contributed by atoms with van der Waals surface area (Å²) in [5.74, 6) is 0.237. The number of nitrogens with zero attached hydrogens (tertiary/aromatic N) is 4. The van der Waals surface area contributed by atoms with Gasteiger partial charge in [-0.15, -0.1) is 0 Å². The first-order chi connectivity index (χ1) is 12.4. The Labute approximate surface area is 155 Å². The first kappa shape index (κ1) is 18.4. The summed E-state index contributed by atoms with van der Waals surface area (Å²) in [6.07, 6.45) is 0.808. The van der Waals surface area contributed by atoms with Crippen LogP contribution in [0.4, 0.5) is 0 Å². The van der Waals surface area contributed by atoms with Gasteiger partial charge in [-0.1, -0.05) is 13.0 Å². The molecule has 0 unspecified atom stereocenters. The standard InChI is InChI=1S/C20H26N4O2/c1-15-13-24(18(25)17-6-4-5-16(11-17)12-21)14-20(15)7-8-23(19(20)26)10-9-22(2)3/h4-6,11,15H,7-10,13-14H2,1-3H3/t15-,20-/m0/s1. The first-order valence-corrected chi connectivity index (χ1v) is 9.11. The van der Waals surface area contributed by atoms with Gasteiger partial charge in [0.25, 0.3) is 5.91 Å². The van der Waals surface area contributed by atoms with Crippen molar-refractivity contribution in [3.8, 4) is 6.07 Å². The summed E-state index contributed by atoms with van der Waals surface area (Å²) in [5.41, 5.74) is 0.544. The maximum atomic E-state index is 13.1. The van der Waals surface area contributed by atoms with E-state index in [9.17, 15) is 9.59 Å². The van der Waals surface area contributed by atoms with Gasteiger partial charge in [-0.25, -0.2) is 0 Å². The predicted octanol–water partition coefficient (Wildman–Crippen LogP) is 1.43. The van der Waals surface area contributed by atoms with E-state index in [-0.39, 0.29) is 17.7 Å². The number of amides is 2. The highest BCUT2D eigenvalue weighted by atomic mass is 16.2. The summed E-state index contributed by atoms with van der Waals surface area (Å²) in [4.78, 5) is 31.8. The molecule has 26 heavy (non-hydrogen) atoms. The maximum absolute atomic E-state index is 13.1. The third-order valence-corrected chi connectivity index (χ3v) is 5.79. The third-order valence-electron chi connectivity index (χ3n) is 5.79. The molecule has 6 nitrogen and oxygen atoms in total. The van der Waals surface area contributed by atoms with Crippen molar-refractivity contribution in [2.45, 2.75) is 13.3 Å². The molecule has 2 aliphatic rings. The lowest BCUT2D eigenvalue weighted by Gasteiger charge is -2.27. The predicted molar refractivity (Wildman–Crippen MR) is 98.4 cm³/mol. The lowest BCUT2D eigenvalue weighted by atomic mass is 9.78. The van der Waals surface area contributed by atoms with Crippen LogP contribution >= 0.6 is 0 Å². The van der Waals surface area contributed by atoms with Crippen molar-refractivity contribution in [3.63, 3.8) is 0 Å². The van der Waals surface area contributed by atoms with E-state index in [1.165, 1.54) is 0 Å². The van der Waals surface area contributed by atoms with E-state index < -0.39 is 5.41 Å². The van der Waals surface area contributed by atoms with Crippen molar-refractivity contribution in [2.75, 3.05) is 46.8 Å². The topological polar surface area (TPSA) is 67.7 Å². The SMILES string of the molecule is C[C@H]1CN(C(=O)c2cccc(C#N)c2)C[C@@]12CCN(CCN(C)C)C2=O. The molecule has 0 N–H and O–H groups in total. The fourth-order valence-corrected chi connectivity index (χ4v) is 4.12. The number of nitriles is 1. The molecule has 1 aromatic rings. The molecule has 1 aromatic carbocycles. The minimum atomic E-state index is -0.450. The number of rotatable bonds is 4. The molecule has 0 radical (unpaired) electrons.